The predicted octanol–water partition coefficient (Wildman–Crippen LogP) is 4.21. The Hall–Kier alpha value is -2.30. The molecule has 126 valence electrons. The summed E-state index contributed by atoms with van der Waals surface area (Å²) in [5, 5.41) is 10.4. The zero-order valence-corrected chi connectivity index (χ0v) is 14.2. The first kappa shape index (κ1) is 18.7. The van der Waals surface area contributed by atoms with E-state index in [1.54, 1.807) is 26.2 Å². The molecule has 1 aromatic carbocycles. The van der Waals surface area contributed by atoms with Gasteiger partial charge < -0.3 is 14.6 Å². The van der Waals surface area contributed by atoms with Crippen molar-refractivity contribution in [2.75, 3.05) is 13.7 Å². The zero-order chi connectivity index (χ0) is 17.2. The molecule has 0 fully saturated rings. The highest BCUT2D eigenvalue weighted by Crippen LogP contribution is 2.27. The fourth-order valence-electron chi connectivity index (χ4n) is 2.20. The number of carbonyl (C=O) groups is 1. The minimum atomic E-state index is -0.574. The molecule has 23 heavy (non-hydrogen) atoms. The van der Waals surface area contributed by atoms with Gasteiger partial charge in [0.15, 0.2) is 0 Å². The summed E-state index contributed by atoms with van der Waals surface area (Å²) in [5.41, 5.74) is 0.667. The summed E-state index contributed by atoms with van der Waals surface area (Å²) >= 11 is 0. The van der Waals surface area contributed by atoms with E-state index in [4.69, 9.17) is 9.47 Å². The molecule has 0 amide bonds. The first-order chi connectivity index (χ1) is 11.1. The fraction of sp³-hybridized carbons (Fsp3) is 0.444. The van der Waals surface area contributed by atoms with E-state index < -0.39 is 5.97 Å². The summed E-state index contributed by atoms with van der Waals surface area (Å²) in [6.07, 6.45) is 2.81. The number of rotatable bonds is 8. The lowest BCUT2D eigenvalue weighted by molar-refractivity contribution is -0.138. The van der Waals surface area contributed by atoms with Gasteiger partial charge in [0.1, 0.15) is 22.8 Å². The van der Waals surface area contributed by atoms with Crippen molar-refractivity contribution in [3.05, 3.63) is 35.6 Å². The van der Waals surface area contributed by atoms with Crippen LogP contribution in [0.15, 0.2) is 40.6 Å². The van der Waals surface area contributed by atoms with Crippen molar-refractivity contribution in [3.63, 3.8) is 0 Å². The molecule has 1 N–H and O–H groups in total. The molecule has 0 bridgehead atoms. The highest BCUT2D eigenvalue weighted by molar-refractivity contribution is 6.10. The van der Waals surface area contributed by atoms with E-state index in [2.05, 4.69) is 4.99 Å². The topological polar surface area (TPSA) is 68.1 Å². The molecular weight excluding hydrogens is 294 g/mol. The summed E-state index contributed by atoms with van der Waals surface area (Å²) in [6.45, 7) is 5.89. The van der Waals surface area contributed by atoms with Gasteiger partial charge >= 0.3 is 5.97 Å². The van der Waals surface area contributed by atoms with E-state index in [9.17, 15) is 9.90 Å². The average Bonchev–Trinajstić information content (AvgIpc) is 2.56. The predicted molar refractivity (Wildman–Crippen MR) is 91.5 cm³/mol. The van der Waals surface area contributed by atoms with E-state index in [0.29, 0.717) is 11.4 Å². The molecule has 0 spiro atoms. The maximum absolute atomic E-state index is 12.1. The molecule has 0 aliphatic rings. The van der Waals surface area contributed by atoms with Crippen molar-refractivity contribution in [2.24, 2.45) is 10.9 Å². The third-order valence-electron chi connectivity index (χ3n) is 3.56. The maximum Gasteiger partial charge on any atom is 0.343 e. The quantitative estimate of drug-likeness (QED) is 0.337. The normalized spacial score (nSPS) is 12.4. The first-order valence-electron chi connectivity index (χ1n) is 7.86. The fourth-order valence-corrected chi connectivity index (χ4v) is 2.20. The molecule has 0 atom stereocenters. The number of aliphatic imine (C=N–C) groups is 1. The van der Waals surface area contributed by atoms with Gasteiger partial charge in [-0.1, -0.05) is 26.0 Å². The van der Waals surface area contributed by atoms with Crippen LogP contribution in [0.4, 0.5) is 5.69 Å². The van der Waals surface area contributed by atoms with Gasteiger partial charge in [0.2, 0.25) is 0 Å². The number of aliphatic hydroxyl groups is 1. The smallest absolute Gasteiger partial charge is 0.343 e. The Labute approximate surface area is 137 Å². The number of carbonyl (C=O) groups excluding carboxylic acids is 1. The number of aliphatic hydroxyl groups excluding tert-OH is 1. The van der Waals surface area contributed by atoms with Crippen LogP contribution in [0.2, 0.25) is 0 Å². The number of para-hydroxylation sites is 2. The van der Waals surface area contributed by atoms with Gasteiger partial charge in [-0.15, -0.1) is 0 Å². The van der Waals surface area contributed by atoms with E-state index >= 15 is 0 Å². The number of ether oxygens (including phenoxy) is 2. The van der Waals surface area contributed by atoms with E-state index in [0.717, 1.165) is 12.8 Å². The highest BCUT2D eigenvalue weighted by Gasteiger charge is 2.20. The Kier molecular flexibility index (Phi) is 7.88. The Bertz CT molecular complexity index is 574. The van der Waals surface area contributed by atoms with Crippen molar-refractivity contribution in [1.82, 2.24) is 0 Å². The van der Waals surface area contributed by atoms with Crippen LogP contribution in [-0.4, -0.2) is 31.0 Å². The lowest BCUT2D eigenvalue weighted by Crippen LogP contribution is -2.15. The van der Waals surface area contributed by atoms with E-state index in [1.165, 1.54) is 6.21 Å². The van der Waals surface area contributed by atoms with Gasteiger partial charge in [-0.2, -0.15) is 0 Å². The van der Waals surface area contributed by atoms with Crippen LogP contribution in [0.3, 0.4) is 0 Å². The second kappa shape index (κ2) is 9.66. The van der Waals surface area contributed by atoms with Gasteiger partial charge in [0.05, 0.1) is 13.7 Å². The van der Waals surface area contributed by atoms with Crippen LogP contribution < -0.4 is 4.74 Å². The zero-order valence-electron chi connectivity index (χ0n) is 14.2. The minimum Gasteiger partial charge on any atom is -0.511 e. The Morgan fingerprint density at radius 2 is 1.91 bits per heavy atom. The molecule has 5 heteroatoms. The molecule has 1 rings (SSSR count). The summed E-state index contributed by atoms with van der Waals surface area (Å²) in [5.74, 6) is -0.0600. The highest BCUT2D eigenvalue weighted by atomic mass is 16.5. The molecule has 0 heterocycles. The van der Waals surface area contributed by atoms with Crippen molar-refractivity contribution >= 4 is 17.9 Å². The molecule has 0 aliphatic carbocycles. The van der Waals surface area contributed by atoms with Crippen LogP contribution >= 0.6 is 0 Å². The molecule has 0 radical (unpaired) electrons. The second-order valence-electron chi connectivity index (χ2n) is 4.96. The minimum absolute atomic E-state index is 0.0205. The lowest BCUT2D eigenvalue weighted by Gasteiger charge is -2.14. The summed E-state index contributed by atoms with van der Waals surface area (Å²) in [6, 6.07) is 7.21. The summed E-state index contributed by atoms with van der Waals surface area (Å²) < 4.78 is 10.3. The van der Waals surface area contributed by atoms with Crippen LogP contribution in [0, 0.1) is 5.92 Å². The van der Waals surface area contributed by atoms with Gasteiger partial charge in [-0.05, 0) is 31.9 Å². The van der Waals surface area contributed by atoms with Crippen molar-refractivity contribution in [2.45, 2.75) is 33.6 Å². The third-order valence-corrected chi connectivity index (χ3v) is 3.56. The molecule has 0 aliphatic heterocycles. The van der Waals surface area contributed by atoms with Crippen molar-refractivity contribution < 1.29 is 19.4 Å². The van der Waals surface area contributed by atoms with Crippen LogP contribution in [0.5, 0.6) is 5.75 Å². The number of hydrogen-bond acceptors (Lipinski definition) is 5. The van der Waals surface area contributed by atoms with Crippen molar-refractivity contribution in [3.8, 4) is 5.75 Å². The number of esters is 1. The van der Waals surface area contributed by atoms with Crippen LogP contribution in [-0.2, 0) is 9.53 Å². The van der Waals surface area contributed by atoms with Crippen molar-refractivity contribution in [1.29, 1.82) is 0 Å². The maximum atomic E-state index is 12.1. The van der Waals surface area contributed by atoms with Gasteiger partial charge in [-0.3, -0.25) is 4.99 Å². The Morgan fingerprint density at radius 3 is 2.48 bits per heavy atom. The van der Waals surface area contributed by atoms with E-state index in [-0.39, 0.29) is 23.9 Å². The molecule has 0 saturated carbocycles. The Morgan fingerprint density at radius 1 is 1.26 bits per heavy atom. The summed E-state index contributed by atoms with van der Waals surface area (Å²) in [7, 11) is 1.55. The number of methoxy groups -OCH3 is 1. The SMILES string of the molecule is CCOC(=O)/C(C=Nc1ccccc1OC)=C(/O)C(CC)CC. The largest absolute Gasteiger partial charge is 0.511 e. The monoisotopic (exact) mass is 319 g/mol. The Balaban J connectivity index is 3.22. The van der Waals surface area contributed by atoms with Gasteiger partial charge in [-0.25, -0.2) is 4.79 Å². The number of hydrogen-bond donors (Lipinski definition) is 1. The molecule has 0 unspecified atom stereocenters. The number of nitrogens with zero attached hydrogens (tertiary/aromatic N) is 1. The number of benzene rings is 1. The molecular formula is C18H25NO4. The van der Waals surface area contributed by atoms with Crippen LogP contribution in [0.25, 0.3) is 0 Å². The van der Waals surface area contributed by atoms with Gasteiger partial charge in [0, 0.05) is 12.1 Å². The molecule has 0 saturated heterocycles. The lowest BCUT2D eigenvalue weighted by atomic mass is 9.97. The molecule has 5 nitrogen and oxygen atoms in total. The molecule has 1 aromatic rings. The molecule has 0 aromatic heterocycles. The second-order valence-corrected chi connectivity index (χ2v) is 4.96. The van der Waals surface area contributed by atoms with Crippen LogP contribution in [0.1, 0.15) is 33.6 Å². The van der Waals surface area contributed by atoms with Gasteiger partial charge in [0.25, 0.3) is 0 Å². The van der Waals surface area contributed by atoms with E-state index in [1.807, 2.05) is 26.0 Å². The third kappa shape index (κ3) is 5.13. The summed E-state index contributed by atoms with van der Waals surface area (Å²) in [4.78, 5) is 16.4. The first-order valence-corrected chi connectivity index (χ1v) is 7.86. The standard InChI is InChI=1S/C18H25NO4/c1-5-13(6-2)17(20)14(18(21)23-7-3)12-19-15-10-8-9-11-16(15)22-4/h8-13,20H,5-7H2,1-4H3/b17-14+,19-12?. The average molecular weight is 319 g/mol. The number of allylic oxidation sites excluding steroid dienone is 1.